The summed E-state index contributed by atoms with van der Waals surface area (Å²) in [7, 11) is -3.76. The Morgan fingerprint density at radius 2 is 1.91 bits per heavy atom. The van der Waals surface area contributed by atoms with Gasteiger partial charge in [-0.2, -0.15) is 5.10 Å². The van der Waals surface area contributed by atoms with Gasteiger partial charge >= 0.3 is 0 Å². The zero-order valence-electron chi connectivity index (χ0n) is 18.5. The zero-order valence-corrected chi connectivity index (χ0v) is 20.0. The first-order valence-corrected chi connectivity index (χ1v) is 12.5. The van der Waals surface area contributed by atoms with Crippen LogP contribution in [-0.2, 0) is 10.0 Å². The van der Waals surface area contributed by atoms with Gasteiger partial charge in [0.05, 0.1) is 22.2 Å². The zero-order chi connectivity index (χ0) is 24.1. The van der Waals surface area contributed by atoms with Crippen molar-refractivity contribution in [3.8, 4) is 5.75 Å². The fourth-order valence-electron chi connectivity index (χ4n) is 3.46. The third-order valence-electron chi connectivity index (χ3n) is 5.26. The lowest BCUT2D eigenvalue weighted by Gasteiger charge is -2.15. The van der Waals surface area contributed by atoms with Crippen LogP contribution in [0, 0.1) is 6.92 Å². The van der Waals surface area contributed by atoms with Crippen LogP contribution >= 0.6 is 11.6 Å². The highest BCUT2D eigenvalue weighted by molar-refractivity contribution is 7.92. The van der Waals surface area contributed by atoms with E-state index in [0.717, 1.165) is 22.3 Å². The molecule has 178 valence electrons. The van der Waals surface area contributed by atoms with Crippen LogP contribution in [0.15, 0.2) is 71.6 Å². The molecule has 34 heavy (non-hydrogen) atoms. The van der Waals surface area contributed by atoms with Gasteiger partial charge in [-0.3, -0.25) is 9.82 Å². The molecule has 0 aliphatic heterocycles. The summed E-state index contributed by atoms with van der Waals surface area (Å²) in [5.41, 5.74) is 2.81. The summed E-state index contributed by atoms with van der Waals surface area (Å²) in [5, 5.41) is 22.3. The van der Waals surface area contributed by atoms with Gasteiger partial charge in [0.1, 0.15) is 12.4 Å². The molecule has 0 radical (unpaired) electrons. The molecule has 0 spiro atoms. The quantitative estimate of drug-likeness (QED) is 0.244. The Hall–Kier alpha value is -3.11. The van der Waals surface area contributed by atoms with E-state index in [1.54, 1.807) is 24.3 Å². The molecule has 4 N–H and O–H groups in total. The highest BCUT2D eigenvalue weighted by Gasteiger charge is 2.15. The molecule has 0 aliphatic carbocycles. The van der Waals surface area contributed by atoms with E-state index in [0.29, 0.717) is 29.4 Å². The van der Waals surface area contributed by atoms with Gasteiger partial charge in [-0.1, -0.05) is 23.7 Å². The smallest absolute Gasteiger partial charge is 0.261 e. The molecule has 3 aromatic carbocycles. The lowest BCUT2D eigenvalue weighted by atomic mass is 10.1. The van der Waals surface area contributed by atoms with Gasteiger partial charge in [0, 0.05) is 35.3 Å². The number of nitrogens with one attached hydrogen (secondary N) is 3. The molecule has 1 unspecified atom stereocenters. The number of anilines is 1. The van der Waals surface area contributed by atoms with Crippen LogP contribution in [0.2, 0.25) is 5.02 Å². The normalized spacial score (nSPS) is 12.6. The van der Waals surface area contributed by atoms with Crippen molar-refractivity contribution in [1.29, 1.82) is 0 Å². The maximum Gasteiger partial charge on any atom is 0.261 e. The van der Waals surface area contributed by atoms with Gasteiger partial charge in [0.15, 0.2) is 0 Å². The van der Waals surface area contributed by atoms with E-state index < -0.39 is 16.1 Å². The Bertz CT molecular complexity index is 1370. The molecule has 0 saturated heterocycles. The molecule has 0 bridgehead atoms. The lowest BCUT2D eigenvalue weighted by Crippen LogP contribution is -2.26. The molecule has 0 saturated carbocycles. The van der Waals surface area contributed by atoms with Crippen molar-refractivity contribution >= 4 is 38.2 Å². The van der Waals surface area contributed by atoms with Crippen molar-refractivity contribution in [3.63, 3.8) is 0 Å². The highest BCUT2D eigenvalue weighted by atomic mass is 35.5. The first kappa shape index (κ1) is 24.0. The molecule has 1 aromatic heterocycles. The number of hydrogen-bond acceptors (Lipinski definition) is 6. The summed E-state index contributed by atoms with van der Waals surface area (Å²) >= 11 is 5.83. The van der Waals surface area contributed by atoms with Gasteiger partial charge in [-0.25, -0.2) is 8.42 Å². The number of H-pyrrole nitrogens is 1. The fourth-order valence-corrected chi connectivity index (χ4v) is 4.64. The molecular weight excluding hydrogens is 476 g/mol. The number of aromatic nitrogens is 2. The average molecular weight is 501 g/mol. The number of hydrogen-bond donors (Lipinski definition) is 4. The molecular formula is C24H25ClN4O4S. The van der Waals surface area contributed by atoms with Gasteiger partial charge in [0.25, 0.3) is 10.0 Å². The van der Waals surface area contributed by atoms with Crippen molar-refractivity contribution in [2.24, 2.45) is 0 Å². The maximum absolute atomic E-state index is 12.6. The SMILES string of the molecule is Cc1n[nH]c2cc(OCCNCC(O)c3cccc(NS(=O)(=O)c4ccc(Cl)cc4)c3)ccc12. The summed E-state index contributed by atoms with van der Waals surface area (Å²) in [5.74, 6) is 0.735. The topological polar surface area (TPSA) is 116 Å². The largest absolute Gasteiger partial charge is 0.492 e. The monoisotopic (exact) mass is 500 g/mol. The molecule has 8 nitrogen and oxygen atoms in total. The van der Waals surface area contributed by atoms with Gasteiger partial charge in [-0.05, 0) is 61.0 Å². The minimum Gasteiger partial charge on any atom is -0.492 e. The number of aliphatic hydroxyl groups excluding tert-OH is 1. The van der Waals surface area contributed by atoms with Crippen molar-refractivity contribution < 1.29 is 18.3 Å². The minimum absolute atomic E-state index is 0.103. The van der Waals surface area contributed by atoms with E-state index >= 15 is 0 Å². The standard InChI is InChI=1S/C24H25ClN4O4S/c1-16-22-10-7-20(14-23(22)28-27-16)33-12-11-26-15-24(30)17-3-2-4-19(13-17)29-34(31,32)21-8-5-18(25)6-9-21/h2-10,13-14,24,26,29-30H,11-12,15H2,1H3,(H,27,28). The van der Waals surface area contributed by atoms with Crippen LogP contribution in [0.5, 0.6) is 5.75 Å². The van der Waals surface area contributed by atoms with Crippen molar-refractivity contribution in [2.75, 3.05) is 24.4 Å². The number of aliphatic hydroxyl groups is 1. The first-order chi connectivity index (χ1) is 16.3. The van der Waals surface area contributed by atoms with E-state index in [4.69, 9.17) is 16.3 Å². The first-order valence-electron chi connectivity index (χ1n) is 10.7. The third kappa shape index (κ3) is 5.87. The second kappa shape index (κ2) is 10.4. The van der Waals surface area contributed by atoms with Crippen molar-refractivity contribution in [2.45, 2.75) is 17.9 Å². The fraction of sp³-hybridized carbons (Fsp3) is 0.208. The molecule has 4 aromatic rings. The molecule has 0 fully saturated rings. The molecule has 1 atom stereocenters. The number of nitrogens with zero attached hydrogens (tertiary/aromatic N) is 1. The van der Waals surface area contributed by atoms with Crippen LogP contribution in [-0.4, -0.2) is 43.4 Å². The highest BCUT2D eigenvalue weighted by Crippen LogP contribution is 2.22. The van der Waals surface area contributed by atoms with E-state index in [-0.39, 0.29) is 11.4 Å². The second-order valence-electron chi connectivity index (χ2n) is 7.77. The van der Waals surface area contributed by atoms with Crippen molar-refractivity contribution in [3.05, 3.63) is 83.0 Å². The average Bonchev–Trinajstić information content (AvgIpc) is 3.19. The number of aromatic amines is 1. The van der Waals surface area contributed by atoms with Gasteiger partial charge in [0.2, 0.25) is 0 Å². The van der Waals surface area contributed by atoms with E-state index in [2.05, 4.69) is 20.2 Å². The summed E-state index contributed by atoms with van der Waals surface area (Å²) in [4.78, 5) is 0.103. The third-order valence-corrected chi connectivity index (χ3v) is 6.91. The maximum atomic E-state index is 12.6. The molecule has 0 amide bonds. The molecule has 1 heterocycles. The predicted molar refractivity (Wildman–Crippen MR) is 133 cm³/mol. The molecule has 10 heteroatoms. The Morgan fingerprint density at radius 1 is 1.12 bits per heavy atom. The Morgan fingerprint density at radius 3 is 2.71 bits per heavy atom. The van der Waals surface area contributed by atoms with E-state index in [1.165, 1.54) is 24.3 Å². The van der Waals surface area contributed by atoms with Gasteiger partial charge < -0.3 is 15.2 Å². The number of rotatable bonds is 10. The van der Waals surface area contributed by atoms with Crippen LogP contribution < -0.4 is 14.8 Å². The summed E-state index contributed by atoms with van der Waals surface area (Å²) in [6.45, 7) is 3.18. The van der Waals surface area contributed by atoms with Crippen LogP contribution in [0.3, 0.4) is 0 Å². The second-order valence-corrected chi connectivity index (χ2v) is 9.89. The van der Waals surface area contributed by atoms with Crippen molar-refractivity contribution in [1.82, 2.24) is 15.5 Å². The number of aryl methyl sites for hydroxylation is 1. The molecule has 0 aliphatic rings. The summed E-state index contributed by atoms with van der Waals surface area (Å²) in [6, 6.07) is 18.3. The number of benzene rings is 3. The Balaban J connectivity index is 1.27. The Kier molecular flexibility index (Phi) is 7.38. The number of fused-ring (bicyclic) bond motifs is 1. The van der Waals surface area contributed by atoms with E-state index in [1.807, 2.05) is 25.1 Å². The lowest BCUT2D eigenvalue weighted by molar-refractivity contribution is 0.172. The summed E-state index contributed by atoms with van der Waals surface area (Å²) in [6.07, 6.45) is -0.815. The van der Waals surface area contributed by atoms with Crippen LogP contribution in [0.1, 0.15) is 17.4 Å². The minimum atomic E-state index is -3.76. The Labute approximate surface area is 203 Å². The van der Waals surface area contributed by atoms with Gasteiger partial charge in [-0.15, -0.1) is 0 Å². The van der Waals surface area contributed by atoms with E-state index in [9.17, 15) is 13.5 Å². The number of sulfonamides is 1. The van der Waals surface area contributed by atoms with Crippen LogP contribution in [0.4, 0.5) is 5.69 Å². The number of ether oxygens (including phenoxy) is 1. The summed E-state index contributed by atoms with van der Waals surface area (Å²) < 4.78 is 33.4. The molecule has 4 rings (SSSR count). The van der Waals surface area contributed by atoms with Crippen LogP contribution in [0.25, 0.3) is 10.9 Å². The predicted octanol–water partition coefficient (Wildman–Crippen LogP) is 4.03. The number of halogens is 1.